The van der Waals surface area contributed by atoms with Gasteiger partial charge in [-0.25, -0.2) is 4.79 Å². The van der Waals surface area contributed by atoms with Crippen molar-refractivity contribution in [2.45, 2.75) is 6.61 Å². The van der Waals surface area contributed by atoms with Gasteiger partial charge in [0.1, 0.15) is 17.2 Å². The second-order valence-corrected chi connectivity index (χ2v) is 5.18. The molecule has 3 aromatic rings. The third-order valence-electron chi connectivity index (χ3n) is 2.86. The molecule has 0 unspecified atom stereocenters. The molecule has 0 bridgehead atoms. The summed E-state index contributed by atoms with van der Waals surface area (Å²) in [5.41, 5.74) is 1.97. The number of carbonyl (C=O) groups is 1. The number of carboxylic acid groups (broad SMARTS) is 1. The smallest absolute Gasteiger partial charge is 0.346 e. The van der Waals surface area contributed by atoms with E-state index in [-0.39, 0.29) is 4.88 Å². The number of nitrogens with zero attached hydrogens (tertiary/aromatic N) is 1. The zero-order chi connectivity index (χ0) is 13.9. The van der Waals surface area contributed by atoms with Gasteiger partial charge >= 0.3 is 5.97 Å². The van der Waals surface area contributed by atoms with Crippen molar-refractivity contribution < 1.29 is 14.6 Å². The fourth-order valence-corrected chi connectivity index (χ4v) is 2.55. The molecule has 4 nitrogen and oxygen atoms in total. The van der Waals surface area contributed by atoms with Crippen molar-refractivity contribution in [2.24, 2.45) is 0 Å². The third kappa shape index (κ3) is 2.62. The molecule has 0 saturated carbocycles. The second-order valence-electron chi connectivity index (χ2n) is 4.27. The second kappa shape index (κ2) is 5.30. The summed E-state index contributed by atoms with van der Waals surface area (Å²) in [7, 11) is 0. The van der Waals surface area contributed by atoms with Crippen LogP contribution in [-0.4, -0.2) is 16.1 Å². The first kappa shape index (κ1) is 12.6. The SMILES string of the molecule is O=C(O)c1cc(OCc2ccc3ncccc3c2)cs1. The highest BCUT2D eigenvalue weighted by Crippen LogP contribution is 2.23. The van der Waals surface area contributed by atoms with Crippen LogP contribution in [0.5, 0.6) is 5.75 Å². The molecule has 2 aromatic heterocycles. The van der Waals surface area contributed by atoms with Crippen LogP contribution in [0.2, 0.25) is 0 Å². The predicted octanol–water partition coefficient (Wildman–Crippen LogP) is 3.57. The average Bonchev–Trinajstić information content (AvgIpc) is 2.94. The summed E-state index contributed by atoms with van der Waals surface area (Å²) in [6.07, 6.45) is 1.76. The van der Waals surface area contributed by atoms with Gasteiger partial charge in [-0.15, -0.1) is 11.3 Å². The first-order valence-corrected chi connectivity index (χ1v) is 6.88. The lowest BCUT2D eigenvalue weighted by Crippen LogP contribution is -1.95. The molecule has 0 fully saturated rings. The average molecular weight is 285 g/mol. The molecule has 2 heterocycles. The largest absolute Gasteiger partial charge is 0.488 e. The fourth-order valence-electron chi connectivity index (χ4n) is 1.89. The van der Waals surface area contributed by atoms with Crippen LogP contribution in [0, 0.1) is 0 Å². The lowest BCUT2D eigenvalue weighted by Gasteiger charge is -2.05. The van der Waals surface area contributed by atoms with Gasteiger partial charge in [-0.3, -0.25) is 4.98 Å². The van der Waals surface area contributed by atoms with Gasteiger partial charge in [-0.1, -0.05) is 12.1 Å². The molecule has 0 aliphatic heterocycles. The fraction of sp³-hybridized carbons (Fsp3) is 0.0667. The van der Waals surface area contributed by atoms with Crippen LogP contribution in [0.4, 0.5) is 0 Å². The molecule has 5 heteroatoms. The van der Waals surface area contributed by atoms with Crippen molar-refractivity contribution in [3.05, 3.63) is 58.4 Å². The van der Waals surface area contributed by atoms with E-state index in [1.165, 1.54) is 6.07 Å². The predicted molar refractivity (Wildman–Crippen MR) is 77.4 cm³/mol. The Hall–Kier alpha value is -2.40. The van der Waals surface area contributed by atoms with Gasteiger partial charge in [0.2, 0.25) is 0 Å². The highest BCUT2D eigenvalue weighted by Gasteiger charge is 2.07. The molecule has 0 amide bonds. The number of thiophene rings is 1. The highest BCUT2D eigenvalue weighted by atomic mass is 32.1. The number of benzene rings is 1. The molecule has 0 spiro atoms. The van der Waals surface area contributed by atoms with Gasteiger partial charge in [0, 0.05) is 23.0 Å². The van der Waals surface area contributed by atoms with E-state index in [2.05, 4.69) is 4.98 Å². The van der Waals surface area contributed by atoms with Crippen LogP contribution in [0.1, 0.15) is 15.2 Å². The van der Waals surface area contributed by atoms with Crippen molar-refractivity contribution in [1.82, 2.24) is 4.98 Å². The molecule has 0 aliphatic carbocycles. The van der Waals surface area contributed by atoms with Crippen LogP contribution < -0.4 is 4.74 Å². The first-order chi connectivity index (χ1) is 9.72. The molecule has 1 aromatic carbocycles. The van der Waals surface area contributed by atoms with Crippen molar-refractivity contribution in [3.8, 4) is 5.75 Å². The van der Waals surface area contributed by atoms with Crippen molar-refractivity contribution in [2.75, 3.05) is 0 Å². The summed E-state index contributed by atoms with van der Waals surface area (Å²) >= 11 is 1.16. The van der Waals surface area contributed by atoms with Gasteiger partial charge < -0.3 is 9.84 Å². The molecular formula is C15H11NO3S. The highest BCUT2D eigenvalue weighted by molar-refractivity contribution is 7.12. The van der Waals surface area contributed by atoms with Gasteiger partial charge in [0.25, 0.3) is 0 Å². The molecular weight excluding hydrogens is 274 g/mol. The molecule has 100 valence electrons. The van der Waals surface area contributed by atoms with E-state index in [1.54, 1.807) is 11.6 Å². The van der Waals surface area contributed by atoms with E-state index in [0.29, 0.717) is 12.4 Å². The van der Waals surface area contributed by atoms with E-state index in [0.717, 1.165) is 27.8 Å². The maximum Gasteiger partial charge on any atom is 0.346 e. The maximum absolute atomic E-state index is 10.8. The summed E-state index contributed by atoms with van der Waals surface area (Å²) in [6.45, 7) is 0.403. The quantitative estimate of drug-likeness (QED) is 0.796. The summed E-state index contributed by atoms with van der Waals surface area (Å²) in [6, 6.07) is 11.4. The molecule has 0 saturated heterocycles. The standard InChI is InChI=1S/C15H11NO3S/c17-15(18)14-7-12(9-20-14)19-8-10-3-4-13-11(6-10)2-1-5-16-13/h1-7,9H,8H2,(H,17,18). The Balaban J connectivity index is 1.74. The Labute approximate surface area is 119 Å². The number of carboxylic acids is 1. The number of hydrogen-bond acceptors (Lipinski definition) is 4. The molecule has 3 rings (SSSR count). The maximum atomic E-state index is 10.8. The summed E-state index contributed by atoms with van der Waals surface area (Å²) in [5.74, 6) is -0.347. The zero-order valence-electron chi connectivity index (χ0n) is 10.4. The third-order valence-corrected chi connectivity index (χ3v) is 3.76. The monoisotopic (exact) mass is 285 g/mol. The number of rotatable bonds is 4. The summed E-state index contributed by atoms with van der Waals surface area (Å²) in [4.78, 5) is 15.3. The van der Waals surface area contributed by atoms with Gasteiger partial charge in [-0.05, 0) is 23.8 Å². The van der Waals surface area contributed by atoms with Crippen LogP contribution >= 0.6 is 11.3 Å². The van der Waals surface area contributed by atoms with Crippen LogP contribution in [0.25, 0.3) is 10.9 Å². The van der Waals surface area contributed by atoms with E-state index >= 15 is 0 Å². The lowest BCUT2D eigenvalue weighted by molar-refractivity contribution is 0.0702. The van der Waals surface area contributed by atoms with Crippen molar-refractivity contribution >= 4 is 28.2 Å². The topological polar surface area (TPSA) is 59.4 Å². The Morgan fingerprint density at radius 1 is 1.30 bits per heavy atom. The van der Waals surface area contributed by atoms with Gasteiger partial charge in [-0.2, -0.15) is 0 Å². The molecule has 0 radical (unpaired) electrons. The number of hydrogen-bond donors (Lipinski definition) is 1. The number of aromatic nitrogens is 1. The minimum atomic E-state index is -0.929. The molecule has 1 N–H and O–H groups in total. The van der Waals surface area contributed by atoms with Crippen LogP contribution in [-0.2, 0) is 6.61 Å². The number of aromatic carboxylic acids is 1. The minimum absolute atomic E-state index is 0.280. The van der Waals surface area contributed by atoms with Crippen molar-refractivity contribution in [1.29, 1.82) is 0 Å². The van der Waals surface area contributed by atoms with Crippen LogP contribution in [0.3, 0.4) is 0 Å². The number of ether oxygens (including phenoxy) is 1. The molecule has 0 atom stereocenters. The van der Waals surface area contributed by atoms with Gasteiger partial charge in [0.15, 0.2) is 0 Å². The number of fused-ring (bicyclic) bond motifs is 1. The van der Waals surface area contributed by atoms with E-state index in [1.807, 2.05) is 30.3 Å². The molecule has 20 heavy (non-hydrogen) atoms. The Morgan fingerprint density at radius 3 is 3.00 bits per heavy atom. The first-order valence-electron chi connectivity index (χ1n) is 6.01. The number of pyridine rings is 1. The van der Waals surface area contributed by atoms with Crippen molar-refractivity contribution in [3.63, 3.8) is 0 Å². The van der Waals surface area contributed by atoms with Gasteiger partial charge in [0.05, 0.1) is 5.52 Å². The minimum Gasteiger partial charge on any atom is -0.488 e. The molecule has 0 aliphatic rings. The normalized spacial score (nSPS) is 10.6. The zero-order valence-corrected chi connectivity index (χ0v) is 11.3. The van der Waals surface area contributed by atoms with E-state index < -0.39 is 5.97 Å². The van der Waals surface area contributed by atoms with E-state index in [4.69, 9.17) is 9.84 Å². The van der Waals surface area contributed by atoms with Crippen LogP contribution in [0.15, 0.2) is 48.0 Å². The van der Waals surface area contributed by atoms with E-state index in [9.17, 15) is 4.79 Å². The Morgan fingerprint density at radius 2 is 2.20 bits per heavy atom. The lowest BCUT2D eigenvalue weighted by atomic mass is 10.1. The summed E-state index contributed by atoms with van der Waals surface area (Å²) < 4.78 is 5.60. The Bertz CT molecular complexity index is 766. The summed E-state index contributed by atoms with van der Waals surface area (Å²) in [5, 5.41) is 11.6. The Kier molecular flexibility index (Phi) is 3.35.